The topological polar surface area (TPSA) is 105 Å². The Balaban J connectivity index is 1.79. The summed E-state index contributed by atoms with van der Waals surface area (Å²) >= 11 is 0. The molecule has 1 atom stereocenters. The number of benzene rings is 3. The molecular formula is C34H43N3O6S. The summed E-state index contributed by atoms with van der Waals surface area (Å²) in [4.78, 5) is 29.6. The maximum absolute atomic E-state index is 14.4. The zero-order valence-electron chi connectivity index (χ0n) is 26.2. The Kier molecular flexibility index (Phi) is 10.9. The first-order valence-corrected chi connectivity index (χ1v) is 16.5. The Labute approximate surface area is 261 Å². The van der Waals surface area contributed by atoms with Crippen molar-refractivity contribution in [1.29, 1.82) is 0 Å². The lowest BCUT2D eigenvalue weighted by molar-refractivity contribution is -0.140. The van der Waals surface area contributed by atoms with Crippen LogP contribution in [-0.4, -0.2) is 58.0 Å². The number of carbonyl (C=O) groups is 2. The fourth-order valence-corrected chi connectivity index (χ4v) is 7.02. The molecule has 0 spiro atoms. The average Bonchev–Trinajstić information content (AvgIpc) is 3.53. The van der Waals surface area contributed by atoms with Crippen LogP contribution in [-0.2, 0) is 26.2 Å². The van der Waals surface area contributed by atoms with Crippen LogP contribution in [0, 0.1) is 13.8 Å². The third-order valence-corrected chi connectivity index (χ3v) is 10.0. The van der Waals surface area contributed by atoms with Crippen molar-refractivity contribution in [2.75, 3.05) is 25.1 Å². The minimum absolute atomic E-state index is 0.0252. The third-order valence-electron chi connectivity index (χ3n) is 8.23. The van der Waals surface area contributed by atoms with Crippen LogP contribution in [0.5, 0.6) is 11.5 Å². The van der Waals surface area contributed by atoms with Gasteiger partial charge in [0.15, 0.2) is 0 Å². The lowest BCUT2D eigenvalue weighted by Crippen LogP contribution is -2.53. The molecule has 0 heterocycles. The summed E-state index contributed by atoms with van der Waals surface area (Å²) < 4.78 is 40.5. The highest BCUT2D eigenvalue weighted by molar-refractivity contribution is 7.92. The minimum Gasteiger partial charge on any atom is -0.497 e. The highest BCUT2D eigenvalue weighted by Gasteiger charge is 2.36. The van der Waals surface area contributed by atoms with E-state index in [2.05, 4.69) is 5.32 Å². The number of anilines is 1. The van der Waals surface area contributed by atoms with Gasteiger partial charge in [-0.25, -0.2) is 8.42 Å². The average molecular weight is 622 g/mol. The van der Waals surface area contributed by atoms with Gasteiger partial charge in [0.1, 0.15) is 24.1 Å². The van der Waals surface area contributed by atoms with Gasteiger partial charge in [0.05, 0.1) is 24.8 Å². The standard InChI is InChI=1S/C34H43N3O6S/c1-6-30(34(39)35-27-13-9-10-14-27)36(22-26-12-8-7-11-25(26)3)33(38)23-37(31-21-28(42-4)17-20-32(31)43-5)44(40,41)29-18-15-24(2)16-19-29/h7-8,11-12,15-21,27,30H,6,9-10,13-14,22-23H2,1-5H3,(H,35,39)/t30-/m1/s1. The van der Waals surface area contributed by atoms with Crippen LogP contribution < -0.4 is 19.1 Å². The molecule has 0 unspecified atom stereocenters. The number of ether oxygens (including phenoxy) is 2. The molecule has 10 heteroatoms. The molecule has 0 aromatic heterocycles. The Bertz CT molecular complexity index is 1550. The summed E-state index contributed by atoms with van der Waals surface area (Å²) in [5.41, 5.74) is 2.89. The molecule has 3 aromatic carbocycles. The number of amides is 2. The third kappa shape index (κ3) is 7.53. The lowest BCUT2D eigenvalue weighted by atomic mass is 10.1. The van der Waals surface area contributed by atoms with Crippen LogP contribution in [0.15, 0.2) is 71.6 Å². The molecule has 0 bridgehead atoms. The van der Waals surface area contributed by atoms with Crippen molar-refractivity contribution in [2.24, 2.45) is 0 Å². The summed E-state index contributed by atoms with van der Waals surface area (Å²) in [6.07, 6.45) is 4.30. The van der Waals surface area contributed by atoms with Crippen LogP contribution >= 0.6 is 0 Å². The number of nitrogens with one attached hydrogen (secondary N) is 1. The fourth-order valence-electron chi connectivity index (χ4n) is 5.60. The molecular weight excluding hydrogens is 578 g/mol. The zero-order chi connectivity index (χ0) is 31.9. The van der Waals surface area contributed by atoms with Gasteiger partial charge in [-0.1, -0.05) is 61.7 Å². The van der Waals surface area contributed by atoms with Gasteiger partial charge in [-0.3, -0.25) is 13.9 Å². The van der Waals surface area contributed by atoms with E-state index in [4.69, 9.17) is 9.47 Å². The second-order valence-electron chi connectivity index (χ2n) is 11.2. The van der Waals surface area contributed by atoms with Crippen LogP contribution in [0.4, 0.5) is 5.69 Å². The Morgan fingerprint density at radius 1 is 0.955 bits per heavy atom. The van der Waals surface area contributed by atoms with Gasteiger partial charge >= 0.3 is 0 Å². The van der Waals surface area contributed by atoms with Crippen molar-refractivity contribution < 1.29 is 27.5 Å². The normalized spacial score (nSPS) is 14.1. The molecule has 1 N–H and O–H groups in total. The predicted molar refractivity (Wildman–Crippen MR) is 171 cm³/mol. The molecule has 236 valence electrons. The number of hydrogen-bond donors (Lipinski definition) is 1. The van der Waals surface area contributed by atoms with Gasteiger partial charge in [0.2, 0.25) is 11.8 Å². The lowest BCUT2D eigenvalue weighted by Gasteiger charge is -2.34. The van der Waals surface area contributed by atoms with Crippen LogP contribution in [0.25, 0.3) is 0 Å². The number of carbonyl (C=O) groups excluding carboxylic acids is 2. The van der Waals surface area contributed by atoms with Crippen LogP contribution in [0.2, 0.25) is 0 Å². The van der Waals surface area contributed by atoms with E-state index in [1.165, 1.54) is 37.3 Å². The maximum atomic E-state index is 14.4. The maximum Gasteiger partial charge on any atom is 0.264 e. The summed E-state index contributed by atoms with van der Waals surface area (Å²) in [5, 5.41) is 3.14. The minimum atomic E-state index is -4.26. The molecule has 0 aliphatic heterocycles. The number of hydrogen-bond acceptors (Lipinski definition) is 6. The van der Waals surface area contributed by atoms with E-state index in [1.54, 1.807) is 24.3 Å². The molecule has 1 aliphatic rings. The van der Waals surface area contributed by atoms with Gasteiger partial charge in [0, 0.05) is 18.7 Å². The molecule has 1 aliphatic carbocycles. The van der Waals surface area contributed by atoms with Gasteiger partial charge in [-0.2, -0.15) is 0 Å². The van der Waals surface area contributed by atoms with E-state index in [-0.39, 0.29) is 34.8 Å². The number of nitrogens with zero attached hydrogens (tertiary/aromatic N) is 2. The van der Waals surface area contributed by atoms with E-state index >= 15 is 0 Å². The van der Waals surface area contributed by atoms with E-state index in [1.807, 2.05) is 45.0 Å². The summed E-state index contributed by atoms with van der Waals surface area (Å²) in [6.45, 7) is 5.28. The molecule has 4 rings (SSSR count). The molecule has 44 heavy (non-hydrogen) atoms. The quantitative estimate of drug-likeness (QED) is 0.275. The summed E-state index contributed by atoms with van der Waals surface area (Å²) in [7, 11) is -1.34. The summed E-state index contributed by atoms with van der Waals surface area (Å²) in [5.74, 6) is -0.0854. The predicted octanol–water partition coefficient (Wildman–Crippen LogP) is 5.38. The monoisotopic (exact) mass is 621 g/mol. The van der Waals surface area contributed by atoms with Crippen molar-refractivity contribution in [3.63, 3.8) is 0 Å². The van der Waals surface area contributed by atoms with Crippen molar-refractivity contribution in [3.05, 3.63) is 83.4 Å². The fraction of sp³-hybridized carbons (Fsp3) is 0.412. The van der Waals surface area contributed by atoms with Gasteiger partial charge < -0.3 is 19.7 Å². The molecule has 3 aromatic rings. The zero-order valence-corrected chi connectivity index (χ0v) is 27.0. The first-order chi connectivity index (χ1) is 21.1. The van der Waals surface area contributed by atoms with E-state index in [0.29, 0.717) is 12.2 Å². The first-order valence-electron chi connectivity index (χ1n) is 15.0. The van der Waals surface area contributed by atoms with E-state index in [9.17, 15) is 18.0 Å². The van der Waals surface area contributed by atoms with Crippen molar-refractivity contribution >= 4 is 27.5 Å². The van der Waals surface area contributed by atoms with Crippen molar-refractivity contribution in [2.45, 2.75) is 76.4 Å². The second kappa shape index (κ2) is 14.6. The Morgan fingerprint density at radius 3 is 2.25 bits per heavy atom. The van der Waals surface area contributed by atoms with Gasteiger partial charge in [0.25, 0.3) is 10.0 Å². The first kappa shape index (κ1) is 32.9. The van der Waals surface area contributed by atoms with Gasteiger partial charge in [-0.05, 0) is 68.5 Å². The second-order valence-corrected chi connectivity index (χ2v) is 13.1. The van der Waals surface area contributed by atoms with Crippen molar-refractivity contribution in [1.82, 2.24) is 10.2 Å². The number of aryl methyl sites for hydroxylation is 2. The highest BCUT2D eigenvalue weighted by atomic mass is 32.2. The van der Waals surface area contributed by atoms with E-state index in [0.717, 1.165) is 46.7 Å². The Morgan fingerprint density at radius 2 is 1.64 bits per heavy atom. The largest absolute Gasteiger partial charge is 0.497 e. The van der Waals surface area contributed by atoms with Crippen LogP contribution in [0.3, 0.4) is 0 Å². The SMILES string of the molecule is CC[C@H](C(=O)NC1CCCC1)N(Cc1ccccc1C)C(=O)CN(c1cc(OC)ccc1OC)S(=O)(=O)c1ccc(C)cc1. The highest BCUT2D eigenvalue weighted by Crippen LogP contribution is 2.36. The molecule has 0 saturated heterocycles. The number of sulfonamides is 1. The van der Waals surface area contributed by atoms with Crippen LogP contribution in [0.1, 0.15) is 55.7 Å². The number of rotatable bonds is 13. The number of methoxy groups -OCH3 is 2. The molecule has 1 fully saturated rings. The van der Waals surface area contributed by atoms with Crippen molar-refractivity contribution in [3.8, 4) is 11.5 Å². The van der Waals surface area contributed by atoms with E-state index < -0.39 is 28.5 Å². The molecule has 2 amide bonds. The van der Waals surface area contributed by atoms with Gasteiger partial charge in [-0.15, -0.1) is 0 Å². The summed E-state index contributed by atoms with van der Waals surface area (Å²) in [6, 6.07) is 18.2. The molecule has 1 saturated carbocycles. The molecule has 9 nitrogen and oxygen atoms in total. The Hall–Kier alpha value is -4.05. The molecule has 0 radical (unpaired) electrons. The smallest absolute Gasteiger partial charge is 0.264 e.